The average Bonchev–Trinajstić information content (AvgIpc) is 3.73. The molecule has 0 spiro atoms. The summed E-state index contributed by atoms with van der Waals surface area (Å²) in [6.07, 6.45) is 11.3. The van der Waals surface area contributed by atoms with Crippen molar-refractivity contribution in [1.82, 2.24) is 5.32 Å². The lowest BCUT2D eigenvalue weighted by Crippen LogP contribution is -2.49. The van der Waals surface area contributed by atoms with Crippen LogP contribution in [-0.4, -0.2) is 66.8 Å². The van der Waals surface area contributed by atoms with E-state index >= 15 is 0 Å². The van der Waals surface area contributed by atoms with Crippen LogP contribution in [-0.2, 0) is 19.0 Å². The Labute approximate surface area is 216 Å². The molecule has 0 aromatic carbocycles. The Morgan fingerprint density at radius 1 is 1.28 bits per heavy atom. The number of carbonyl (C=O) groups excluding carboxylic acids is 1. The van der Waals surface area contributed by atoms with Crippen LogP contribution in [0.25, 0.3) is 0 Å². The van der Waals surface area contributed by atoms with E-state index < -0.39 is 0 Å². The molecule has 202 valence electrons. The smallest absolute Gasteiger partial charge is 0.246 e. The molecule has 4 fully saturated rings. The number of aliphatic hydroxyl groups is 1. The molecule has 0 aromatic rings. The maximum absolute atomic E-state index is 12.0. The highest BCUT2D eigenvalue weighted by Crippen LogP contribution is 2.67. The number of allylic oxidation sites excluding steroid dienone is 4. The minimum absolute atomic E-state index is 0.0177. The summed E-state index contributed by atoms with van der Waals surface area (Å²) >= 11 is 0. The van der Waals surface area contributed by atoms with Crippen molar-refractivity contribution in [2.45, 2.75) is 83.9 Å². The quantitative estimate of drug-likeness (QED) is 0.228. The average molecular weight is 503 g/mol. The SMILES string of the molecule is C/C=C(/C)[C@H]1[C@@H](/C=C/C=C(\C)[C@@H](OCC(=O)NCCN)[C@@H](C)CO)[C@@H]2C[C@@H]3O[C@]3(C)C[C@H]2[C@@H]2O[C@@]21C. The summed E-state index contributed by atoms with van der Waals surface area (Å²) in [5.74, 6) is 1.44. The number of epoxide rings is 2. The third kappa shape index (κ3) is 5.23. The van der Waals surface area contributed by atoms with Gasteiger partial charge in [0.25, 0.3) is 0 Å². The summed E-state index contributed by atoms with van der Waals surface area (Å²) in [6.45, 7) is 13.6. The van der Waals surface area contributed by atoms with Crippen molar-refractivity contribution in [2.24, 2.45) is 35.3 Å². The van der Waals surface area contributed by atoms with Gasteiger partial charge in [-0.1, -0.05) is 36.8 Å². The Morgan fingerprint density at radius 2 is 2.03 bits per heavy atom. The molecule has 2 aliphatic heterocycles. The van der Waals surface area contributed by atoms with Gasteiger partial charge in [-0.05, 0) is 70.8 Å². The van der Waals surface area contributed by atoms with Crippen LogP contribution >= 0.6 is 0 Å². The summed E-state index contributed by atoms with van der Waals surface area (Å²) in [4.78, 5) is 12.0. The van der Waals surface area contributed by atoms with Gasteiger partial charge in [0.15, 0.2) is 0 Å². The molecule has 4 N–H and O–H groups in total. The van der Waals surface area contributed by atoms with Gasteiger partial charge in [0.1, 0.15) is 6.61 Å². The van der Waals surface area contributed by atoms with E-state index in [4.69, 9.17) is 19.9 Å². The Hall–Kier alpha value is -1.51. The van der Waals surface area contributed by atoms with E-state index in [1.165, 1.54) is 5.57 Å². The molecule has 2 heterocycles. The van der Waals surface area contributed by atoms with Crippen LogP contribution < -0.4 is 11.1 Å². The first-order valence-corrected chi connectivity index (χ1v) is 13.6. The van der Waals surface area contributed by atoms with Gasteiger partial charge in [0, 0.05) is 31.5 Å². The first-order chi connectivity index (χ1) is 17.1. The van der Waals surface area contributed by atoms with Gasteiger partial charge in [0.2, 0.25) is 5.91 Å². The molecule has 7 heteroatoms. The van der Waals surface area contributed by atoms with Crippen LogP contribution in [0.1, 0.15) is 54.4 Å². The number of rotatable bonds is 11. The molecule has 4 aliphatic rings. The molecule has 0 bridgehead atoms. The van der Waals surface area contributed by atoms with Gasteiger partial charge in [-0.2, -0.15) is 0 Å². The molecule has 2 saturated heterocycles. The highest BCUT2D eigenvalue weighted by atomic mass is 16.6. The standard InChI is InChI=1S/C29H46N2O5/c1-7-17(2)25-20(21-13-23-28(5,35-23)14-22(21)27-29(25,6)36-27)10-8-9-18(3)26(19(4)15-32)34-16-24(33)31-12-11-30/h7-10,19-23,25-27,32H,11-16,30H2,1-6H3,(H,31,33)/b10-8+,17-7-,18-9+/t19-,20-,21-,22+,23-,25-,26+,27-,28+,29+/m0/s1. The Morgan fingerprint density at radius 3 is 2.69 bits per heavy atom. The van der Waals surface area contributed by atoms with E-state index in [9.17, 15) is 9.90 Å². The molecule has 36 heavy (non-hydrogen) atoms. The second-order valence-electron chi connectivity index (χ2n) is 11.8. The van der Waals surface area contributed by atoms with Crippen molar-refractivity contribution in [3.8, 4) is 0 Å². The lowest BCUT2D eigenvalue weighted by atomic mass is 9.55. The monoisotopic (exact) mass is 502 g/mol. The van der Waals surface area contributed by atoms with E-state index in [0.717, 1.165) is 18.4 Å². The third-order valence-corrected chi connectivity index (χ3v) is 9.24. The lowest BCUT2D eigenvalue weighted by molar-refractivity contribution is -0.128. The Kier molecular flexibility index (Phi) is 8.18. The van der Waals surface area contributed by atoms with Crippen molar-refractivity contribution in [3.05, 3.63) is 35.5 Å². The van der Waals surface area contributed by atoms with Crippen molar-refractivity contribution < 1.29 is 24.1 Å². The molecular formula is C29H46N2O5. The van der Waals surface area contributed by atoms with Crippen molar-refractivity contribution in [1.29, 1.82) is 0 Å². The number of nitrogens with one attached hydrogen (secondary N) is 1. The number of nitrogens with two attached hydrogens (primary N) is 1. The fourth-order valence-electron chi connectivity index (χ4n) is 7.10. The highest BCUT2D eigenvalue weighted by Gasteiger charge is 2.72. The summed E-state index contributed by atoms with van der Waals surface area (Å²) in [5.41, 5.74) is 7.76. The molecule has 7 nitrogen and oxygen atoms in total. The summed E-state index contributed by atoms with van der Waals surface area (Å²) in [7, 11) is 0. The Bertz CT molecular complexity index is 915. The van der Waals surface area contributed by atoms with E-state index in [1.807, 2.05) is 13.8 Å². The molecule has 1 amide bonds. The molecule has 0 radical (unpaired) electrons. The zero-order valence-corrected chi connectivity index (χ0v) is 22.8. The molecule has 4 rings (SSSR count). The number of carbonyl (C=O) groups is 1. The van der Waals surface area contributed by atoms with Crippen LogP contribution in [0.3, 0.4) is 0 Å². The minimum atomic E-state index is -0.348. The maximum atomic E-state index is 12.0. The van der Waals surface area contributed by atoms with Crippen molar-refractivity contribution in [3.63, 3.8) is 0 Å². The first-order valence-electron chi connectivity index (χ1n) is 13.6. The number of ether oxygens (including phenoxy) is 3. The van der Waals surface area contributed by atoms with Gasteiger partial charge >= 0.3 is 0 Å². The lowest BCUT2D eigenvalue weighted by Gasteiger charge is -2.45. The first kappa shape index (κ1) is 27.5. The second-order valence-corrected chi connectivity index (χ2v) is 11.8. The topological polar surface area (TPSA) is 110 Å². The normalized spacial score (nSPS) is 41.2. The molecule has 0 aromatic heterocycles. The van der Waals surface area contributed by atoms with Crippen molar-refractivity contribution in [2.75, 3.05) is 26.3 Å². The van der Waals surface area contributed by atoms with Gasteiger partial charge in [-0.25, -0.2) is 0 Å². The van der Waals surface area contributed by atoms with E-state index in [1.54, 1.807) is 0 Å². The van der Waals surface area contributed by atoms with Crippen LogP contribution in [0.4, 0.5) is 0 Å². The Balaban J connectivity index is 1.52. The van der Waals surface area contributed by atoms with E-state index in [0.29, 0.717) is 49.0 Å². The molecule has 10 atom stereocenters. The van der Waals surface area contributed by atoms with Gasteiger partial charge in [-0.3, -0.25) is 4.79 Å². The van der Waals surface area contributed by atoms with Crippen LogP contribution in [0.5, 0.6) is 0 Å². The third-order valence-electron chi connectivity index (χ3n) is 9.24. The predicted octanol–water partition coefficient (Wildman–Crippen LogP) is 3.13. The summed E-state index contributed by atoms with van der Waals surface area (Å²) < 4.78 is 18.5. The molecule has 2 saturated carbocycles. The van der Waals surface area contributed by atoms with Gasteiger partial charge in [0.05, 0.1) is 29.5 Å². The number of hydrogen-bond donors (Lipinski definition) is 3. The number of fused-ring (bicyclic) bond motifs is 4. The van der Waals surface area contributed by atoms with Crippen LogP contribution in [0.2, 0.25) is 0 Å². The number of aliphatic hydroxyl groups excluding tert-OH is 1. The van der Waals surface area contributed by atoms with E-state index in [-0.39, 0.29) is 42.3 Å². The maximum Gasteiger partial charge on any atom is 0.246 e. The molecule has 0 unspecified atom stereocenters. The molecular weight excluding hydrogens is 456 g/mol. The zero-order valence-electron chi connectivity index (χ0n) is 22.8. The second kappa shape index (κ2) is 10.7. The van der Waals surface area contributed by atoms with Crippen LogP contribution in [0.15, 0.2) is 35.5 Å². The summed E-state index contributed by atoms with van der Waals surface area (Å²) in [5, 5.41) is 12.5. The minimum Gasteiger partial charge on any atom is -0.396 e. The molecule has 2 aliphatic carbocycles. The fourth-order valence-corrected chi connectivity index (χ4v) is 7.10. The number of hydrogen-bond acceptors (Lipinski definition) is 6. The highest BCUT2D eigenvalue weighted by molar-refractivity contribution is 5.77. The zero-order chi connectivity index (χ0) is 26.3. The van der Waals surface area contributed by atoms with E-state index in [2.05, 4.69) is 57.3 Å². The van der Waals surface area contributed by atoms with Crippen molar-refractivity contribution >= 4 is 5.91 Å². The fraction of sp³-hybridized carbons (Fsp3) is 0.759. The summed E-state index contributed by atoms with van der Waals surface area (Å²) in [6, 6.07) is 0. The number of amides is 1. The van der Waals surface area contributed by atoms with Gasteiger partial charge < -0.3 is 30.4 Å². The largest absolute Gasteiger partial charge is 0.396 e. The predicted molar refractivity (Wildman–Crippen MR) is 140 cm³/mol. The van der Waals surface area contributed by atoms with Gasteiger partial charge in [-0.15, -0.1) is 0 Å². The van der Waals surface area contributed by atoms with Crippen LogP contribution in [0, 0.1) is 29.6 Å².